The van der Waals surface area contributed by atoms with Crippen LogP contribution in [0, 0.1) is 0 Å². The van der Waals surface area contributed by atoms with Crippen molar-refractivity contribution in [2.75, 3.05) is 6.61 Å². The molecule has 0 aromatic heterocycles. The van der Waals surface area contributed by atoms with Gasteiger partial charge in [-0.2, -0.15) is 0 Å². The second-order valence-corrected chi connectivity index (χ2v) is 5.25. The predicted octanol–water partition coefficient (Wildman–Crippen LogP) is 2.77. The number of aldehydes is 1. The van der Waals surface area contributed by atoms with Crippen molar-refractivity contribution in [1.29, 1.82) is 0 Å². The van der Waals surface area contributed by atoms with Gasteiger partial charge in [0.2, 0.25) is 0 Å². The minimum absolute atomic E-state index is 0.103. The molecule has 0 fully saturated rings. The van der Waals surface area contributed by atoms with Gasteiger partial charge in [-0.15, -0.1) is 0 Å². The topological polar surface area (TPSA) is 81.7 Å². The minimum atomic E-state index is -0.919. The van der Waals surface area contributed by atoms with Crippen LogP contribution in [0.4, 0.5) is 4.79 Å². The molecule has 24 heavy (non-hydrogen) atoms. The summed E-state index contributed by atoms with van der Waals surface area (Å²) in [6.07, 6.45) is 2.09. The van der Waals surface area contributed by atoms with E-state index in [9.17, 15) is 14.4 Å². The number of amides is 1. The van der Waals surface area contributed by atoms with E-state index in [1.165, 1.54) is 0 Å². The summed E-state index contributed by atoms with van der Waals surface area (Å²) in [6, 6.07) is 8.28. The summed E-state index contributed by atoms with van der Waals surface area (Å²) in [4.78, 5) is 34.4. The summed E-state index contributed by atoms with van der Waals surface area (Å²) in [5, 5.41) is 2.45. The van der Waals surface area contributed by atoms with Crippen molar-refractivity contribution in [2.24, 2.45) is 0 Å². The van der Waals surface area contributed by atoms with Gasteiger partial charge in [0.25, 0.3) is 0 Å². The van der Waals surface area contributed by atoms with Gasteiger partial charge in [-0.1, -0.05) is 36.4 Å². The molecule has 130 valence electrons. The number of carbonyl (C=O) groups excluding carboxylic acids is 3. The summed E-state index contributed by atoms with van der Waals surface area (Å²) in [7, 11) is 0. The summed E-state index contributed by atoms with van der Waals surface area (Å²) < 4.78 is 10.2. The zero-order valence-corrected chi connectivity index (χ0v) is 14.0. The Balaban J connectivity index is 2.54. The third-order valence-electron chi connectivity index (χ3n) is 3.30. The molecule has 6 nitrogen and oxygen atoms in total. The third-order valence-corrected chi connectivity index (χ3v) is 3.30. The first kappa shape index (κ1) is 19.4. The first-order chi connectivity index (χ1) is 11.6. The van der Waals surface area contributed by atoms with E-state index in [4.69, 9.17) is 9.47 Å². The third kappa shape index (κ3) is 7.58. The molecule has 1 N–H and O–H groups in total. The molecule has 6 heteroatoms. The average Bonchev–Trinajstić information content (AvgIpc) is 2.61. The van der Waals surface area contributed by atoms with Gasteiger partial charge in [0, 0.05) is 6.42 Å². The standard InChI is InChI=1S/C18H23NO5/c1-3-14(2)12-24-18(22)19-16(10-7-11-20)17(21)23-13-15-8-5-4-6-9-15/h3-6,8-9,11,16H,7,10,12-13H2,1-2H3,(H,19,22)/b14-3+. The Morgan fingerprint density at radius 1 is 1.21 bits per heavy atom. The van der Waals surface area contributed by atoms with Crippen molar-refractivity contribution in [3.63, 3.8) is 0 Å². The maximum Gasteiger partial charge on any atom is 0.408 e. The van der Waals surface area contributed by atoms with Crippen LogP contribution in [-0.2, 0) is 25.7 Å². The Morgan fingerprint density at radius 3 is 2.54 bits per heavy atom. The number of rotatable bonds is 9. The molecule has 0 spiro atoms. The van der Waals surface area contributed by atoms with Crippen LogP contribution in [0.25, 0.3) is 0 Å². The van der Waals surface area contributed by atoms with Crippen LogP contribution in [0.1, 0.15) is 32.3 Å². The summed E-state index contributed by atoms with van der Waals surface area (Å²) in [5.74, 6) is -0.597. The quantitative estimate of drug-likeness (QED) is 0.427. The van der Waals surface area contributed by atoms with Gasteiger partial charge in [-0.05, 0) is 31.4 Å². The molecule has 0 aliphatic rings. The molecule has 0 saturated heterocycles. The lowest BCUT2D eigenvalue weighted by Crippen LogP contribution is -2.42. The Bertz CT molecular complexity index is 568. The smallest absolute Gasteiger partial charge is 0.408 e. The lowest BCUT2D eigenvalue weighted by molar-refractivity contribution is -0.147. The molecular formula is C18H23NO5. The predicted molar refractivity (Wildman–Crippen MR) is 89.2 cm³/mol. The van der Waals surface area contributed by atoms with Crippen molar-refractivity contribution in [2.45, 2.75) is 39.3 Å². The largest absolute Gasteiger partial charge is 0.459 e. The molecule has 1 aromatic rings. The fraction of sp³-hybridized carbons (Fsp3) is 0.389. The van der Waals surface area contributed by atoms with E-state index in [-0.39, 0.29) is 26.1 Å². The highest BCUT2D eigenvalue weighted by Gasteiger charge is 2.22. The van der Waals surface area contributed by atoms with Crippen LogP contribution < -0.4 is 5.32 Å². The van der Waals surface area contributed by atoms with E-state index in [2.05, 4.69) is 5.32 Å². The summed E-state index contributed by atoms with van der Waals surface area (Å²) in [5.41, 5.74) is 1.73. The van der Waals surface area contributed by atoms with Crippen molar-refractivity contribution in [1.82, 2.24) is 5.32 Å². The minimum Gasteiger partial charge on any atom is -0.459 e. The molecule has 0 heterocycles. The molecule has 1 aromatic carbocycles. The Morgan fingerprint density at radius 2 is 1.92 bits per heavy atom. The highest BCUT2D eigenvalue weighted by Crippen LogP contribution is 2.05. The van der Waals surface area contributed by atoms with Crippen LogP contribution in [0.2, 0.25) is 0 Å². The number of hydrogen-bond acceptors (Lipinski definition) is 5. The SMILES string of the molecule is C/C=C(\C)COC(=O)NC(CCC=O)C(=O)OCc1ccccc1. The van der Waals surface area contributed by atoms with E-state index in [1.807, 2.05) is 50.3 Å². The molecule has 0 aliphatic carbocycles. The second kappa shape index (κ2) is 11.0. The number of alkyl carbamates (subject to hydrolysis) is 1. The van der Waals surface area contributed by atoms with E-state index >= 15 is 0 Å². The van der Waals surface area contributed by atoms with Crippen LogP contribution in [0.3, 0.4) is 0 Å². The maximum atomic E-state index is 12.1. The van der Waals surface area contributed by atoms with E-state index in [0.717, 1.165) is 11.1 Å². The number of esters is 1. The van der Waals surface area contributed by atoms with Gasteiger partial charge in [0.05, 0.1) is 0 Å². The second-order valence-electron chi connectivity index (χ2n) is 5.25. The fourth-order valence-corrected chi connectivity index (χ4v) is 1.76. The molecule has 1 atom stereocenters. The number of hydrogen-bond donors (Lipinski definition) is 1. The molecule has 1 amide bonds. The average molecular weight is 333 g/mol. The van der Waals surface area contributed by atoms with Crippen LogP contribution in [0.15, 0.2) is 42.0 Å². The highest BCUT2D eigenvalue weighted by molar-refractivity contribution is 5.81. The molecule has 1 rings (SSSR count). The van der Waals surface area contributed by atoms with Gasteiger partial charge >= 0.3 is 12.1 Å². The molecule has 0 radical (unpaired) electrons. The van der Waals surface area contributed by atoms with Crippen LogP contribution in [0.5, 0.6) is 0 Å². The first-order valence-electron chi connectivity index (χ1n) is 7.76. The number of benzene rings is 1. The van der Waals surface area contributed by atoms with E-state index in [1.54, 1.807) is 0 Å². The van der Waals surface area contributed by atoms with Crippen molar-refractivity contribution >= 4 is 18.3 Å². The molecule has 0 aliphatic heterocycles. The van der Waals surface area contributed by atoms with Gasteiger partial charge in [0.15, 0.2) is 0 Å². The molecule has 1 unspecified atom stereocenters. The zero-order chi connectivity index (χ0) is 17.8. The number of ether oxygens (including phenoxy) is 2. The van der Waals surface area contributed by atoms with Crippen LogP contribution >= 0.6 is 0 Å². The molecule has 0 saturated carbocycles. The zero-order valence-electron chi connectivity index (χ0n) is 14.0. The van der Waals surface area contributed by atoms with Gasteiger partial charge in [0.1, 0.15) is 25.5 Å². The van der Waals surface area contributed by atoms with E-state index in [0.29, 0.717) is 6.29 Å². The maximum absolute atomic E-state index is 12.1. The van der Waals surface area contributed by atoms with Crippen LogP contribution in [-0.4, -0.2) is 31.0 Å². The van der Waals surface area contributed by atoms with Gasteiger partial charge in [-0.3, -0.25) is 0 Å². The number of allylic oxidation sites excluding steroid dienone is 1. The number of nitrogens with one attached hydrogen (secondary N) is 1. The number of carbonyl (C=O) groups is 3. The summed E-state index contributed by atoms with van der Waals surface area (Å²) in [6.45, 7) is 3.91. The Hall–Kier alpha value is -2.63. The molecule has 0 bridgehead atoms. The normalized spacial score (nSPS) is 12.2. The van der Waals surface area contributed by atoms with E-state index < -0.39 is 18.1 Å². The van der Waals surface area contributed by atoms with Crippen molar-refractivity contribution in [3.8, 4) is 0 Å². The Kier molecular flexibility index (Phi) is 8.89. The Labute approximate surface area is 141 Å². The molecular weight excluding hydrogens is 310 g/mol. The van der Waals surface area contributed by atoms with Crippen molar-refractivity contribution in [3.05, 3.63) is 47.5 Å². The first-order valence-corrected chi connectivity index (χ1v) is 7.76. The van der Waals surface area contributed by atoms with Gasteiger partial charge in [-0.25, -0.2) is 9.59 Å². The van der Waals surface area contributed by atoms with Gasteiger partial charge < -0.3 is 19.6 Å². The summed E-state index contributed by atoms with van der Waals surface area (Å²) >= 11 is 0. The highest BCUT2D eigenvalue weighted by atomic mass is 16.6. The lowest BCUT2D eigenvalue weighted by Gasteiger charge is -2.17. The monoisotopic (exact) mass is 333 g/mol. The fourth-order valence-electron chi connectivity index (χ4n) is 1.76. The van der Waals surface area contributed by atoms with Crippen molar-refractivity contribution < 1.29 is 23.9 Å². The lowest BCUT2D eigenvalue weighted by atomic mass is 10.1.